The second-order valence-electron chi connectivity index (χ2n) is 6.03. The van der Waals surface area contributed by atoms with Crippen molar-refractivity contribution in [1.29, 1.82) is 0 Å². The second kappa shape index (κ2) is 5.39. The summed E-state index contributed by atoms with van der Waals surface area (Å²) in [4.78, 5) is 25.8. The number of aryl methyl sites for hydroxylation is 1. The molecule has 0 saturated carbocycles. The lowest BCUT2D eigenvalue weighted by atomic mass is 9.85. The van der Waals surface area contributed by atoms with Crippen LogP contribution in [-0.2, 0) is 4.79 Å². The predicted octanol–water partition coefficient (Wildman–Crippen LogP) is 1.44. The van der Waals surface area contributed by atoms with E-state index in [1.165, 1.54) is 0 Å². The summed E-state index contributed by atoms with van der Waals surface area (Å²) in [7, 11) is 0. The Bertz CT molecular complexity index is 585. The minimum absolute atomic E-state index is 0.0408. The summed E-state index contributed by atoms with van der Waals surface area (Å²) >= 11 is 0. The first-order chi connectivity index (χ1) is 10.0. The molecule has 1 aromatic carbocycles. The average molecular weight is 288 g/mol. The number of carbonyl (C=O) groups is 2. The number of carbonyl (C=O) groups excluding carboxylic acids is 2. The lowest BCUT2D eigenvalue weighted by molar-refractivity contribution is -0.125. The molecule has 112 valence electrons. The Balaban J connectivity index is 1.73. The maximum Gasteiger partial charge on any atom is 0.257 e. The van der Waals surface area contributed by atoms with E-state index >= 15 is 0 Å². The highest BCUT2D eigenvalue weighted by Crippen LogP contribution is 2.28. The van der Waals surface area contributed by atoms with E-state index in [1.54, 1.807) is 17.0 Å². The van der Waals surface area contributed by atoms with Crippen LogP contribution in [0.3, 0.4) is 0 Å². The quantitative estimate of drug-likeness (QED) is 0.821. The number of hydrogen-bond acceptors (Lipinski definition) is 3. The van der Waals surface area contributed by atoms with Crippen molar-refractivity contribution >= 4 is 11.8 Å². The van der Waals surface area contributed by atoms with Crippen LogP contribution in [0.25, 0.3) is 0 Å². The fourth-order valence-corrected chi connectivity index (χ4v) is 3.29. The number of nitrogens with one attached hydrogen (secondary N) is 1. The monoisotopic (exact) mass is 288 g/mol. The smallest absolute Gasteiger partial charge is 0.257 e. The topological polar surface area (TPSA) is 69.6 Å². The summed E-state index contributed by atoms with van der Waals surface area (Å²) < 4.78 is 0. The van der Waals surface area contributed by atoms with Crippen LogP contribution in [0.5, 0.6) is 5.75 Å². The Morgan fingerprint density at radius 1 is 1.38 bits per heavy atom. The molecule has 0 spiro atoms. The van der Waals surface area contributed by atoms with Gasteiger partial charge in [0, 0.05) is 25.6 Å². The Morgan fingerprint density at radius 3 is 2.95 bits per heavy atom. The van der Waals surface area contributed by atoms with Gasteiger partial charge in [0.1, 0.15) is 5.75 Å². The van der Waals surface area contributed by atoms with Crippen LogP contribution in [-0.4, -0.2) is 41.0 Å². The van der Waals surface area contributed by atoms with Crippen LogP contribution >= 0.6 is 0 Å². The highest BCUT2D eigenvalue weighted by atomic mass is 16.3. The normalized spacial score (nSPS) is 25.2. The van der Waals surface area contributed by atoms with Gasteiger partial charge >= 0.3 is 0 Å². The molecule has 0 radical (unpaired) electrons. The van der Waals surface area contributed by atoms with Crippen LogP contribution in [0.2, 0.25) is 0 Å². The van der Waals surface area contributed by atoms with E-state index in [9.17, 15) is 14.7 Å². The fraction of sp³-hybridized carbons (Fsp3) is 0.500. The van der Waals surface area contributed by atoms with Crippen LogP contribution in [0, 0.1) is 12.8 Å². The molecule has 2 N–H and O–H groups in total. The maximum atomic E-state index is 12.5. The molecular formula is C16H20N2O3. The highest BCUT2D eigenvalue weighted by molar-refractivity contribution is 5.97. The Kier molecular flexibility index (Phi) is 3.57. The molecule has 2 heterocycles. The predicted molar refractivity (Wildman–Crippen MR) is 78.0 cm³/mol. The number of benzene rings is 1. The number of fused-ring (bicyclic) bond motifs is 1. The van der Waals surface area contributed by atoms with Crippen molar-refractivity contribution in [3.05, 3.63) is 29.3 Å². The molecule has 0 bridgehead atoms. The minimum atomic E-state index is -0.122. The number of hydrogen-bond donors (Lipinski definition) is 2. The molecule has 2 unspecified atom stereocenters. The van der Waals surface area contributed by atoms with Crippen molar-refractivity contribution in [2.24, 2.45) is 5.92 Å². The average Bonchev–Trinajstić information content (AvgIpc) is 2.46. The van der Waals surface area contributed by atoms with Crippen molar-refractivity contribution in [2.45, 2.75) is 32.2 Å². The number of phenolic OH excluding ortho intramolecular Hbond substituents is 1. The number of aromatic hydroxyl groups is 1. The Labute approximate surface area is 123 Å². The fourth-order valence-electron chi connectivity index (χ4n) is 3.29. The van der Waals surface area contributed by atoms with Gasteiger partial charge < -0.3 is 15.3 Å². The number of piperidine rings is 2. The molecule has 5 heteroatoms. The van der Waals surface area contributed by atoms with Crippen molar-refractivity contribution in [2.75, 3.05) is 13.1 Å². The molecule has 3 rings (SSSR count). The molecular weight excluding hydrogens is 268 g/mol. The van der Waals surface area contributed by atoms with Gasteiger partial charge in [0.2, 0.25) is 5.91 Å². The summed E-state index contributed by atoms with van der Waals surface area (Å²) in [6.07, 6.45) is 2.16. The molecule has 21 heavy (non-hydrogen) atoms. The van der Waals surface area contributed by atoms with E-state index in [0.717, 1.165) is 18.4 Å². The van der Waals surface area contributed by atoms with Gasteiger partial charge in [-0.25, -0.2) is 0 Å². The second-order valence-corrected chi connectivity index (χ2v) is 6.03. The van der Waals surface area contributed by atoms with Crippen molar-refractivity contribution in [1.82, 2.24) is 10.2 Å². The first kappa shape index (κ1) is 13.9. The summed E-state index contributed by atoms with van der Waals surface area (Å²) in [5, 5.41) is 13.0. The SMILES string of the molecule is Cc1ccc(C(=O)N2CCC3NC(=O)CCC3C2)c(O)c1. The molecule has 2 amide bonds. The third-order valence-corrected chi connectivity index (χ3v) is 4.49. The van der Waals surface area contributed by atoms with Gasteiger partial charge in [-0.05, 0) is 43.4 Å². The molecule has 0 aliphatic carbocycles. The zero-order valence-electron chi connectivity index (χ0n) is 12.1. The first-order valence-corrected chi connectivity index (χ1v) is 7.43. The van der Waals surface area contributed by atoms with Gasteiger partial charge in [-0.1, -0.05) is 6.07 Å². The summed E-state index contributed by atoms with van der Waals surface area (Å²) in [5.74, 6) is 0.363. The highest BCUT2D eigenvalue weighted by Gasteiger charge is 2.35. The van der Waals surface area contributed by atoms with E-state index in [0.29, 0.717) is 31.0 Å². The minimum Gasteiger partial charge on any atom is -0.507 e. The third kappa shape index (κ3) is 2.73. The third-order valence-electron chi connectivity index (χ3n) is 4.49. The summed E-state index contributed by atoms with van der Waals surface area (Å²) in [5.41, 5.74) is 1.29. The molecule has 0 aromatic heterocycles. The van der Waals surface area contributed by atoms with Gasteiger partial charge in [-0.15, -0.1) is 0 Å². The molecule has 2 fully saturated rings. The standard InChI is InChI=1S/C16H20N2O3/c1-10-2-4-12(14(19)8-10)16(21)18-7-6-13-11(9-18)3-5-15(20)17-13/h2,4,8,11,13,19H,3,5-7,9H2,1H3,(H,17,20). The van der Waals surface area contributed by atoms with E-state index in [-0.39, 0.29) is 23.6 Å². The van der Waals surface area contributed by atoms with E-state index < -0.39 is 0 Å². The largest absolute Gasteiger partial charge is 0.507 e. The maximum absolute atomic E-state index is 12.5. The number of nitrogens with zero attached hydrogens (tertiary/aromatic N) is 1. The summed E-state index contributed by atoms with van der Waals surface area (Å²) in [6.45, 7) is 3.15. The zero-order chi connectivity index (χ0) is 15.0. The molecule has 2 aliphatic heterocycles. The van der Waals surface area contributed by atoms with Crippen LogP contribution in [0.4, 0.5) is 0 Å². The molecule has 5 nitrogen and oxygen atoms in total. The van der Waals surface area contributed by atoms with Crippen LogP contribution in [0.1, 0.15) is 35.2 Å². The van der Waals surface area contributed by atoms with Gasteiger partial charge in [0.25, 0.3) is 5.91 Å². The Hall–Kier alpha value is -2.04. The lowest BCUT2D eigenvalue weighted by Gasteiger charge is -2.41. The number of phenols is 1. The van der Waals surface area contributed by atoms with Crippen molar-refractivity contribution in [3.8, 4) is 5.75 Å². The van der Waals surface area contributed by atoms with E-state index in [2.05, 4.69) is 5.32 Å². The number of rotatable bonds is 1. The lowest BCUT2D eigenvalue weighted by Crippen LogP contribution is -2.55. The van der Waals surface area contributed by atoms with Gasteiger partial charge in [0.15, 0.2) is 0 Å². The van der Waals surface area contributed by atoms with Crippen molar-refractivity contribution < 1.29 is 14.7 Å². The number of likely N-dealkylation sites (tertiary alicyclic amines) is 1. The van der Waals surface area contributed by atoms with E-state index in [1.807, 2.05) is 13.0 Å². The first-order valence-electron chi connectivity index (χ1n) is 7.43. The zero-order valence-corrected chi connectivity index (χ0v) is 12.1. The molecule has 2 aliphatic rings. The molecule has 2 saturated heterocycles. The molecule has 2 atom stereocenters. The van der Waals surface area contributed by atoms with Gasteiger partial charge in [0.05, 0.1) is 5.56 Å². The van der Waals surface area contributed by atoms with Crippen LogP contribution < -0.4 is 5.32 Å². The van der Waals surface area contributed by atoms with Gasteiger partial charge in [-0.3, -0.25) is 9.59 Å². The van der Waals surface area contributed by atoms with Gasteiger partial charge in [-0.2, -0.15) is 0 Å². The van der Waals surface area contributed by atoms with Crippen LogP contribution in [0.15, 0.2) is 18.2 Å². The molecule has 1 aromatic rings. The number of amides is 2. The summed E-state index contributed by atoms with van der Waals surface area (Å²) in [6, 6.07) is 5.32. The van der Waals surface area contributed by atoms with Crippen molar-refractivity contribution in [3.63, 3.8) is 0 Å². The van der Waals surface area contributed by atoms with E-state index in [4.69, 9.17) is 0 Å². The Morgan fingerprint density at radius 2 is 2.19 bits per heavy atom.